The quantitative estimate of drug-likeness (QED) is 0.630. The average Bonchev–Trinajstić information content (AvgIpc) is 2.45. The number of fused-ring (bicyclic) bond motifs is 1. The monoisotopic (exact) mass is 277 g/mol. The summed E-state index contributed by atoms with van der Waals surface area (Å²) in [6.45, 7) is 0. The summed E-state index contributed by atoms with van der Waals surface area (Å²) in [6.07, 6.45) is -3.35. The first-order valence-corrected chi connectivity index (χ1v) is 4.76. The van der Waals surface area contributed by atoms with Crippen molar-refractivity contribution >= 4 is 21.6 Å². The maximum Gasteiger partial charge on any atom is 0.271 e. The van der Waals surface area contributed by atoms with Gasteiger partial charge in [-0.3, -0.25) is 10.1 Å². The third-order valence-electron chi connectivity index (χ3n) is 2.07. The van der Waals surface area contributed by atoms with Gasteiger partial charge < -0.3 is 9.84 Å². The van der Waals surface area contributed by atoms with E-state index in [4.69, 9.17) is 4.74 Å². The lowest BCUT2D eigenvalue weighted by Gasteiger charge is -2.01. The van der Waals surface area contributed by atoms with Crippen LogP contribution in [-0.4, -0.2) is 16.4 Å². The van der Waals surface area contributed by atoms with E-state index in [0.29, 0.717) is 0 Å². The second kappa shape index (κ2) is 3.42. The minimum absolute atomic E-state index is 0.0866. The molecule has 1 aromatic rings. The van der Waals surface area contributed by atoms with Crippen molar-refractivity contribution in [3.05, 3.63) is 32.3 Å². The number of halogens is 2. The molecule has 2 rings (SSSR count). The van der Waals surface area contributed by atoms with Crippen molar-refractivity contribution in [1.29, 1.82) is 0 Å². The van der Waals surface area contributed by atoms with Gasteiger partial charge in [0.25, 0.3) is 12.0 Å². The molecule has 0 aromatic heterocycles. The van der Waals surface area contributed by atoms with Crippen molar-refractivity contribution in [2.45, 2.75) is 12.5 Å². The highest BCUT2D eigenvalue weighted by Crippen LogP contribution is 2.44. The highest BCUT2D eigenvalue weighted by atomic mass is 79.9. The Morgan fingerprint density at radius 2 is 2.27 bits per heavy atom. The Morgan fingerprint density at radius 3 is 2.87 bits per heavy atom. The second-order valence-electron chi connectivity index (χ2n) is 3.02. The summed E-state index contributed by atoms with van der Waals surface area (Å²) in [5.74, 6) is 0.112. The molecule has 0 bridgehead atoms. The number of non-ortho nitro benzene ring substituents is 1. The Balaban J connectivity index is 2.57. The van der Waals surface area contributed by atoms with Crippen LogP contribution in [0.15, 0.2) is 16.6 Å². The van der Waals surface area contributed by atoms with Crippen LogP contribution in [0.2, 0.25) is 0 Å². The molecule has 0 radical (unpaired) electrons. The zero-order valence-electron chi connectivity index (χ0n) is 7.18. The van der Waals surface area contributed by atoms with Crippen molar-refractivity contribution in [3.63, 3.8) is 0 Å². The molecule has 7 heteroatoms. The van der Waals surface area contributed by atoms with Crippen molar-refractivity contribution < 1.29 is 19.2 Å². The zero-order valence-corrected chi connectivity index (χ0v) is 8.77. The molecule has 5 nitrogen and oxygen atoms in total. The zero-order chi connectivity index (χ0) is 11.2. The fourth-order valence-corrected chi connectivity index (χ4v) is 1.92. The third-order valence-corrected chi connectivity index (χ3v) is 2.65. The van der Waals surface area contributed by atoms with Gasteiger partial charge in [-0.05, 0) is 15.9 Å². The van der Waals surface area contributed by atoms with Gasteiger partial charge in [-0.2, -0.15) is 4.39 Å². The summed E-state index contributed by atoms with van der Waals surface area (Å²) in [4.78, 5) is 9.89. The largest absolute Gasteiger partial charge is 0.456 e. The van der Waals surface area contributed by atoms with E-state index in [1.54, 1.807) is 0 Å². The molecule has 1 aromatic carbocycles. The lowest BCUT2D eigenvalue weighted by Crippen LogP contribution is -2.11. The number of aliphatic hydroxyl groups is 1. The summed E-state index contributed by atoms with van der Waals surface area (Å²) in [6, 6.07) is 2.30. The van der Waals surface area contributed by atoms with Crippen LogP contribution in [-0.2, 0) is 0 Å². The number of alkyl halides is 1. The normalized spacial score (nSPS) is 23.4. The molecule has 15 heavy (non-hydrogen) atoms. The number of hydrogen-bond acceptors (Lipinski definition) is 4. The van der Waals surface area contributed by atoms with Crippen LogP contribution >= 0.6 is 15.9 Å². The predicted molar refractivity (Wildman–Crippen MR) is 51.3 cm³/mol. The SMILES string of the molecule is O=[N+]([O-])c1cc(Br)c2c(c1)C(O)C(F)O2. The molecule has 1 N–H and O–H groups in total. The summed E-state index contributed by atoms with van der Waals surface area (Å²) in [7, 11) is 0. The molecule has 2 atom stereocenters. The van der Waals surface area contributed by atoms with Gasteiger partial charge in [0.05, 0.1) is 9.40 Å². The van der Waals surface area contributed by atoms with E-state index >= 15 is 0 Å². The van der Waals surface area contributed by atoms with E-state index in [9.17, 15) is 19.6 Å². The van der Waals surface area contributed by atoms with Crippen LogP contribution < -0.4 is 4.74 Å². The first kappa shape index (κ1) is 10.3. The van der Waals surface area contributed by atoms with Crippen LogP contribution in [0.4, 0.5) is 10.1 Å². The first-order chi connectivity index (χ1) is 7.00. The molecule has 0 saturated carbocycles. The van der Waals surface area contributed by atoms with Gasteiger partial charge in [-0.25, -0.2) is 0 Å². The summed E-state index contributed by atoms with van der Waals surface area (Å²) in [5, 5.41) is 19.8. The van der Waals surface area contributed by atoms with E-state index in [0.717, 1.165) is 6.07 Å². The summed E-state index contributed by atoms with van der Waals surface area (Å²) < 4.78 is 17.9. The highest BCUT2D eigenvalue weighted by molar-refractivity contribution is 9.10. The molecule has 80 valence electrons. The van der Waals surface area contributed by atoms with Crippen molar-refractivity contribution in [3.8, 4) is 5.75 Å². The average molecular weight is 278 g/mol. The van der Waals surface area contributed by atoms with Gasteiger partial charge in [0.15, 0.2) is 0 Å². The van der Waals surface area contributed by atoms with Crippen LogP contribution in [0.25, 0.3) is 0 Å². The second-order valence-corrected chi connectivity index (χ2v) is 3.87. The Kier molecular flexibility index (Phi) is 2.35. The Morgan fingerprint density at radius 1 is 1.60 bits per heavy atom. The standard InChI is InChI=1S/C8H5BrFNO4/c9-5-2-3(11(13)14)1-4-6(12)8(10)15-7(4)5/h1-2,6,8,12H. The molecule has 1 aliphatic rings. The van der Waals surface area contributed by atoms with Crippen LogP contribution in [0.5, 0.6) is 5.75 Å². The summed E-state index contributed by atoms with van der Waals surface area (Å²) >= 11 is 3.01. The van der Waals surface area contributed by atoms with Crippen LogP contribution in [0.3, 0.4) is 0 Å². The molecular weight excluding hydrogens is 273 g/mol. The fraction of sp³-hybridized carbons (Fsp3) is 0.250. The number of benzene rings is 1. The van der Waals surface area contributed by atoms with E-state index in [-0.39, 0.29) is 21.5 Å². The summed E-state index contributed by atoms with van der Waals surface area (Å²) in [5.41, 5.74) is -0.138. The van der Waals surface area contributed by atoms with E-state index in [2.05, 4.69) is 15.9 Å². The first-order valence-electron chi connectivity index (χ1n) is 3.97. The van der Waals surface area contributed by atoms with E-state index < -0.39 is 17.4 Å². The molecule has 1 heterocycles. The van der Waals surface area contributed by atoms with Gasteiger partial charge in [0, 0.05) is 17.7 Å². The number of ether oxygens (including phenoxy) is 1. The Hall–Kier alpha value is -1.21. The molecule has 0 amide bonds. The van der Waals surface area contributed by atoms with Crippen LogP contribution in [0, 0.1) is 10.1 Å². The van der Waals surface area contributed by atoms with Crippen molar-refractivity contribution in [2.24, 2.45) is 0 Å². The number of nitro benzene ring substituents is 1. The van der Waals surface area contributed by atoms with Gasteiger partial charge in [-0.15, -0.1) is 0 Å². The number of rotatable bonds is 1. The number of nitrogens with zero attached hydrogens (tertiary/aromatic N) is 1. The molecule has 0 fully saturated rings. The van der Waals surface area contributed by atoms with Crippen molar-refractivity contribution in [1.82, 2.24) is 0 Å². The minimum atomic E-state index is -1.88. The highest BCUT2D eigenvalue weighted by Gasteiger charge is 2.36. The maximum absolute atomic E-state index is 13.0. The Bertz CT molecular complexity index is 439. The van der Waals surface area contributed by atoms with Crippen molar-refractivity contribution in [2.75, 3.05) is 0 Å². The number of aliphatic hydroxyl groups excluding tert-OH is 1. The minimum Gasteiger partial charge on any atom is -0.456 e. The molecular formula is C8H5BrFNO4. The van der Waals surface area contributed by atoms with E-state index in [1.165, 1.54) is 6.07 Å². The van der Waals surface area contributed by atoms with Gasteiger partial charge >= 0.3 is 0 Å². The third kappa shape index (κ3) is 1.57. The fourth-order valence-electron chi connectivity index (χ4n) is 1.37. The molecule has 0 saturated heterocycles. The van der Waals surface area contributed by atoms with Gasteiger partial charge in [0.1, 0.15) is 11.9 Å². The topological polar surface area (TPSA) is 72.6 Å². The lowest BCUT2D eigenvalue weighted by atomic mass is 10.1. The molecule has 2 unspecified atom stereocenters. The molecule has 0 spiro atoms. The smallest absolute Gasteiger partial charge is 0.271 e. The van der Waals surface area contributed by atoms with Crippen LogP contribution in [0.1, 0.15) is 11.7 Å². The van der Waals surface area contributed by atoms with E-state index in [1.807, 2.05) is 0 Å². The molecule has 1 aliphatic heterocycles. The van der Waals surface area contributed by atoms with Gasteiger partial charge in [0.2, 0.25) is 0 Å². The number of nitro groups is 1. The lowest BCUT2D eigenvalue weighted by molar-refractivity contribution is -0.385. The van der Waals surface area contributed by atoms with Gasteiger partial charge in [-0.1, -0.05) is 0 Å². The molecule has 0 aliphatic carbocycles. The number of hydrogen-bond donors (Lipinski definition) is 1. The Labute approximate surface area is 91.7 Å². The predicted octanol–water partition coefficient (Wildman–Crippen LogP) is 2.08. The maximum atomic E-state index is 13.0.